The van der Waals surface area contributed by atoms with Gasteiger partial charge in [0.05, 0.1) is 5.69 Å². The van der Waals surface area contributed by atoms with Crippen LogP contribution in [0.15, 0.2) is 4.79 Å². The summed E-state index contributed by atoms with van der Waals surface area (Å²) in [5.74, 6) is 4.40. The van der Waals surface area contributed by atoms with Crippen molar-refractivity contribution in [3.8, 4) is 0 Å². The van der Waals surface area contributed by atoms with Crippen molar-refractivity contribution in [1.29, 1.82) is 0 Å². The first-order chi connectivity index (χ1) is 9.54. The van der Waals surface area contributed by atoms with E-state index in [2.05, 4.69) is 0 Å². The summed E-state index contributed by atoms with van der Waals surface area (Å²) >= 11 is 0. The van der Waals surface area contributed by atoms with Crippen molar-refractivity contribution >= 4 is 5.69 Å². The van der Waals surface area contributed by atoms with Gasteiger partial charge in [0, 0.05) is 13.6 Å². The van der Waals surface area contributed by atoms with E-state index in [1.807, 2.05) is 23.3 Å². The Morgan fingerprint density at radius 2 is 1.65 bits per heavy atom. The number of hydrogen-bond donors (Lipinski definition) is 1. The summed E-state index contributed by atoms with van der Waals surface area (Å²) in [4.78, 5) is 12.3. The van der Waals surface area contributed by atoms with E-state index in [4.69, 9.17) is 5.73 Å². The third-order valence-electron chi connectivity index (χ3n) is 6.51. The Bertz CT molecular complexity index is 570. The molecular weight excluding hydrogens is 250 g/mol. The average Bonchev–Trinajstić information content (AvgIpc) is 2.59. The van der Waals surface area contributed by atoms with Gasteiger partial charge in [-0.05, 0) is 68.6 Å². The first-order valence-corrected chi connectivity index (χ1v) is 8.06. The molecule has 110 valence electrons. The number of nitrogens with two attached hydrogens (primary N) is 1. The molecule has 4 fully saturated rings. The Morgan fingerprint density at radius 1 is 1.10 bits per heavy atom. The van der Waals surface area contributed by atoms with Gasteiger partial charge in [0.15, 0.2) is 0 Å². The molecule has 4 bridgehead atoms. The summed E-state index contributed by atoms with van der Waals surface area (Å²) in [6.07, 6.45) is 7.11. The van der Waals surface area contributed by atoms with Crippen LogP contribution in [0.5, 0.6) is 0 Å². The van der Waals surface area contributed by atoms with Crippen molar-refractivity contribution in [1.82, 2.24) is 9.36 Å². The molecule has 0 spiro atoms. The number of anilines is 1. The SMILES string of the molecule is Cc1c(N)c(=O)n(CC2C3CC4CC(C3)CC2C4)n1C. The van der Waals surface area contributed by atoms with Gasteiger partial charge in [-0.15, -0.1) is 0 Å². The maximum Gasteiger partial charge on any atom is 0.290 e. The molecule has 4 nitrogen and oxygen atoms in total. The molecule has 0 amide bonds. The zero-order chi connectivity index (χ0) is 14.0. The molecule has 0 saturated heterocycles. The van der Waals surface area contributed by atoms with E-state index in [1.165, 1.54) is 32.1 Å². The molecule has 5 rings (SSSR count). The first-order valence-electron chi connectivity index (χ1n) is 8.06. The summed E-state index contributed by atoms with van der Waals surface area (Å²) in [6, 6.07) is 0. The maximum atomic E-state index is 12.3. The predicted octanol–water partition coefficient (Wildman–Crippen LogP) is 2.15. The van der Waals surface area contributed by atoms with Crippen LogP contribution in [0.2, 0.25) is 0 Å². The second-order valence-electron chi connectivity index (χ2n) is 7.50. The standard InChI is InChI=1S/C16H25N3O/c1-9-15(17)16(20)19(18(9)2)8-14-12-4-10-3-11(6-12)7-13(14)5-10/h10-14H,3-8,17H2,1-2H3. The van der Waals surface area contributed by atoms with Gasteiger partial charge in [-0.2, -0.15) is 0 Å². The van der Waals surface area contributed by atoms with Crippen LogP contribution >= 0.6 is 0 Å². The zero-order valence-corrected chi connectivity index (χ0v) is 12.5. The molecule has 4 heteroatoms. The Morgan fingerprint density at radius 3 is 2.10 bits per heavy atom. The number of nitrogen functional groups attached to an aromatic ring is 1. The highest BCUT2D eigenvalue weighted by atomic mass is 16.1. The largest absolute Gasteiger partial charge is 0.393 e. The minimum Gasteiger partial charge on any atom is -0.393 e. The average molecular weight is 275 g/mol. The van der Waals surface area contributed by atoms with Crippen LogP contribution in [0.3, 0.4) is 0 Å². The molecule has 1 heterocycles. The summed E-state index contributed by atoms with van der Waals surface area (Å²) in [5, 5.41) is 0. The molecule has 20 heavy (non-hydrogen) atoms. The van der Waals surface area contributed by atoms with Gasteiger partial charge in [0.2, 0.25) is 0 Å². The van der Waals surface area contributed by atoms with E-state index in [-0.39, 0.29) is 5.56 Å². The van der Waals surface area contributed by atoms with E-state index in [1.54, 1.807) is 0 Å². The molecule has 1 aromatic heterocycles. The van der Waals surface area contributed by atoms with Crippen LogP contribution in [0.4, 0.5) is 5.69 Å². The quantitative estimate of drug-likeness (QED) is 0.899. The monoisotopic (exact) mass is 275 g/mol. The lowest BCUT2D eigenvalue weighted by atomic mass is 9.52. The van der Waals surface area contributed by atoms with Gasteiger partial charge < -0.3 is 5.73 Å². The number of rotatable bonds is 2. The van der Waals surface area contributed by atoms with Crippen LogP contribution in [0.25, 0.3) is 0 Å². The molecule has 0 aromatic carbocycles. The molecule has 0 atom stereocenters. The molecule has 0 aliphatic heterocycles. The molecule has 4 saturated carbocycles. The predicted molar refractivity (Wildman–Crippen MR) is 79.4 cm³/mol. The summed E-state index contributed by atoms with van der Waals surface area (Å²) in [6.45, 7) is 2.81. The highest BCUT2D eigenvalue weighted by Crippen LogP contribution is 2.56. The first kappa shape index (κ1) is 12.5. The van der Waals surface area contributed by atoms with Gasteiger partial charge in [-0.1, -0.05) is 0 Å². The topological polar surface area (TPSA) is 53.0 Å². The van der Waals surface area contributed by atoms with E-state index >= 15 is 0 Å². The molecular formula is C16H25N3O. The normalized spacial score (nSPS) is 38.6. The third kappa shape index (κ3) is 1.63. The Kier molecular flexibility index (Phi) is 2.60. The summed E-state index contributed by atoms with van der Waals surface area (Å²) < 4.78 is 3.85. The van der Waals surface area contributed by atoms with E-state index < -0.39 is 0 Å². The number of nitrogens with zero attached hydrogens (tertiary/aromatic N) is 2. The van der Waals surface area contributed by atoms with Gasteiger partial charge in [-0.25, -0.2) is 4.68 Å². The van der Waals surface area contributed by atoms with Crippen LogP contribution < -0.4 is 11.3 Å². The fraction of sp³-hybridized carbons (Fsp3) is 0.812. The summed E-state index contributed by atoms with van der Waals surface area (Å²) in [7, 11) is 1.96. The van der Waals surface area contributed by atoms with Crippen LogP contribution in [0, 0.1) is 36.5 Å². The lowest BCUT2D eigenvalue weighted by Crippen LogP contribution is -2.47. The van der Waals surface area contributed by atoms with Gasteiger partial charge >= 0.3 is 0 Å². The fourth-order valence-corrected chi connectivity index (χ4v) is 5.53. The van der Waals surface area contributed by atoms with E-state index in [9.17, 15) is 4.79 Å². The van der Waals surface area contributed by atoms with Crippen molar-refractivity contribution in [3.63, 3.8) is 0 Å². The lowest BCUT2D eigenvalue weighted by molar-refractivity contribution is -0.0456. The van der Waals surface area contributed by atoms with Crippen molar-refractivity contribution in [2.45, 2.75) is 45.6 Å². The Labute approximate surface area is 119 Å². The van der Waals surface area contributed by atoms with Crippen molar-refractivity contribution in [2.75, 3.05) is 5.73 Å². The Balaban J connectivity index is 1.64. The van der Waals surface area contributed by atoms with Crippen molar-refractivity contribution in [3.05, 3.63) is 16.0 Å². The van der Waals surface area contributed by atoms with Gasteiger partial charge in [0.25, 0.3) is 5.56 Å². The summed E-state index contributed by atoms with van der Waals surface area (Å²) in [5.41, 5.74) is 7.24. The van der Waals surface area contributed by atoms with Gasteiger partial charge in [-0.3, -0.25) is 9.48 Å². The number of aromatic nitrogens is 2. The maximum absolute atomic E-state index is 12.3. The minimum atomic E-state index is 0.0128. The molecule has 2 N–H and O–H groups in total. The highest BCUT2D eigenvalue weighted by molar-refractivity contribution is 5.40. The minimum absolute atomic E-state index is 0.0128. The molecule has 4 aliphatic carbocycles. The lowest BCUT2D eigenvalue weighted by Gasteiger charge is -2.54. The van der Waals surface area contributed by atoms with Crippen LogP contribution in [-0.4, -0.2) is 9.36 Å². The molecule has 0 radical (unpaired) electrons. The van der Waals surface area contributed by atoms with Crippen molar-refractivity contribution in [2.24, 2.45) is 36.6 Å². The molecule has 4 aliphatic rings. The zero-order valence-electron chi connectivity index (χ0n) is 12.5. The van der Waals surface area contributed by atoms with Gasteiger partial charge in [0.1, 0.15) is 5.69 Å². The van der Waals surface area contributed by atoms with Crippen LogP contribution in [0.1, 0.15) is 37.8 Å². The number of hydrogen-bond acceptors (Lipinski definition) is 2. The highest BCUT2D eigenvalue weighted by Gasteiger charge is 2.48. The fourth-order valence-electron chi connectivity index (χ4n) is 5.53. The van der Waals surface area contributed by atoms with Crippen molar-refractivity contribution < 1.29 is 0 Å². The van der Waals surface area contributed by atoms with E-state index in [0.717, 1.165) is 35.9 Å². The molecule has 1 aromatic rings. The van der Waals surface area contributed by atoms with Crippen LogP contribution in [-0.2, 0) is 13.6 Å². The smallest absolute Gasteiger partial charge is 0.290 e. The second kappa shape index (κ2) is 4.15. The second-order valence-corrected chi connectivity index (χ2v) is 7.50. The van der Waals surface area contributed by atoms with E-state index in [0.29, 0.717) is 11.6 Å². The Hall–Kier alpha value is -1.19. The third-order valence-corrected chi connectivity index (χ3v) is 6.51. The molecule has 0 unspecified atom stereocenters.